The Labute approximate surface area is 135 Å². The fourth-order valence-electron chi connectivity index (χ4n) is 2.55. The molecule has 2 unspecified atom stereocenters. The Bertz CT molecular complexity index is 765. The predicted molar refractivity (Wildman–Crippen MR) is 80.0 cm³/mol. The van der Waals surface area contributed by atoms with Crippen molar-refractivity contribution in [2.24, 2.45) is 0 Å². The van der Waals surface area contributed by atoms with Gasteiger partial charge in [0.1, 0.15) is 18.9 Å². The van der Waals surface area contributed by atoms with Crippen LogP contribution in [-0.2, 0) is 4.74 Å². The molecule has 2 heterocycles. The summed E-state index contributed by atoms with van der Waals surface area (Å²) < 4.78 is 18.9. The molecule has 3 N–H and O–H groups in total. The maximum Gasteiger partial charge on any atom is 0.330 e. The van der Waals surface area contributed by atoms with E-state index in [-0.39, 0.29) is 5.69 Å². The van der Waals surface area contributed by atoms with Crippen molar-refractivity contribution in [1.82, 2.24) is 9.55 Å². The van der Waals surface area contributed by atoms with Crippen LogP contribution in [0.4, 0.5) is 4.39 Å². The summed E-state index contributed by atoms with van der Waals surface area (Å²) >= 11 is 6.34. The topological polar surface area (TPSA) is 105 Å². The molecule has 0 amide bonds. The smallest absolute Gasteiger partial charge is 0.330 e. The molecule has 1 aromatic rings. The molecule has 0 aliphatic carbocycles. The van der Waals surface area contributed by atoms with E-state index in [0.29, 0.717) is 0 Å². The van der Waals surface area contributed by atoms with Gasteiger partial charge >= 0.3 is 5.69 Å². The van der Waals surface area contributed by atoms with Gasteiger partial charge in [0, 0.05) is 11.8 Å². The molecule has 1 aliphatic heterocycles. The van der Waals surface area contributed by atoms with E-state index in [0.717, 1.165) is 10.6 Å². The molecule has 5 atom stereocenters. The average Bonchev–Trinajstić information content (AvgIpc) is 2.70. The monoisotopic (exact) mass is 346 g/mol. The number of aliphatic hydroxyl groups is 2. The normalized spacial score (nSPS) is 31.5. The summed E-state index contributed by atoms with van der Waals surface area (Å²) in [6.07, 6.45) is -5.04. The van der Waals surface area contributed by atoms with E-state index >= 15 is 0 Å². The van der Waals surface area contributed by atoms with Crippen LogP contribution in [0.3, 0.4) is 0 Å². The summed E-state index contributed by atoms with van der Waals surface area (Å²) in [4.78, 5) is 23.6. The number of aromatic amines is 1. The number of nitrogens with one attached hydrogen (secondary N) is 1. The molecule has 0 spiro atoms. The Morgan fingerprint density at radius 2 is 2.26 bits per heavy atom. The van der Waals surface area contributed by atoms with Crippen LogP contribution in [0, 0.1) is 18.8 Å². The molecule has 0 saturated carbocycles. The molecule has 1 aliphatic rings. The molecule has 126 valence electrons. The van der Waals surface area contributed by atoms with Crippen LogP contribution in [-0.4, -0.2) is 49.6 Å². The quantitative estimate of drug-likeness (QED) is 0.491. The highest BCUT2D eigenvalue weighted by atomic mass is 35.5. The number of aryl methyl sites for hydroxylation is 1. The summed E-state index contributed by atoms with van der Waals surface area (Å²) in [5, 5.41) is 20.1. The predicted octanol–water partition coefficient (Wildman–Crippen LogP) is -0.565. The van der Waals surface area contributed by atoms with Crippen LogP contribution < -0.4 is 11.2 Å². The Kier molecular flexibility index (Phi) is 4.96. The van der Waals surface area contributed by atoms with Gasteiger partial charge in [-0.2, -0.15) is 0 Å². The van der Waals surface area contributed by atoms with Crippen LogP contribution in [0.1, 0.15) is 18.8 Å². The fourth-order valence-corrected chi connectivity index (χ4v) is 2.89. The van der Waals surface area contributed by atoms with Gasteiger partial charge in [0.2, 0.25) is 0 Å². The number of rotatable bonds is 2. The Morgan fingerprint density at radius 1 is 1.61 bits per heavy atom. The molecule has 1 aromatic heterocycles. The van der Waals surface area contributed by atoms with E-state index in [1.54, 1.807) is 0 Å². The lowest BCUT2D eigenvalue weighted by atomic mass is 9.96. The third kappa shape index (κ3) is 3.05. The molecule has 2 rings (SSSR count). The summed E-state index contributed by atoms with van der Waals surface area (Å²) in [6.45, 7) is 1.84. The number of halogens is 2. The Balaban J connectivity index is 2.63. The average molecular weight is 347 g/mol. The van der Waals surface area contributed by atoms with Crippen molar-refractivity contribution in [2.75, 3.05) is 6.67 Å². The van der Waals surface area contributed by atoms with Gasteiger partial charge in [-0.25, -0.2) is 9.18 Å². The van der Waals surface area contributed by atoms with Gasteiger partial charge in [0.05, 0.1) is 6.10 Å². The van der Waals surface area contributed by atoms with E-state index in [1.165, 1.54) is 13.8 Å². The highest BCUT2D eigenvalue weighted by Crippen LogP contribution is 2.43. The third-order valence-electron chi connectivity index (χ3n) is 3.61. The molecular weight excluding hydrogens is 331 g/mol. The minimum atomic E-state index is -1.86. The van der Waals surface area contributed by atoms with Crippen LogP contribution in [0.5, 0.6) is 0 Å². The first kappa shape index (κ1) is 17.7. The number of ether oxygens (including phenoxy) is 1. The lowest BCUT2D eigenvalue weighted by Gasteiger charge is -2.26. The van der Waals surface area contributed by atoms with Gasteiger partial charge in [-0.3, -0.25) is 14.3 Å². The van der Waals surface area contributed by atoms with Gasteiger partial charge in [0.25, 0.3) is 5.56 Å². The first-order valence-electron chi connectivity index (χ1n) is 6.81. The minimum Gasteiger partial charge on any atom is -0.391 e. The summed E-state index contributed by atoms with van der Waals surface area (Å²) in [6, 6.07) is 1.15. The van der Waals surface area contributed by atoms with Crippen molar-refractivity contribution >= 4 is 11.6 Å². The number of hydrogen-bond donors (Lipinski definition) is 3. The lowest BCUT2D eigenvalue weighted by molar-refractivity contribution is -0.0778. The Morgan fingerprint density at radius 3 is 2.78 bits per heavy atom. The molecule has 23 heavy (non-hydrogen) atoms. The van der Waals surface area contributed by atoms with E-state index in [1.807, 2.05) is 0 Å². The van der Waals surface area contributed by atoms with Crippen LogP contribution in [0.15, 0.2) is 15.7 Å². The molecule has 0 radical (unpaired) electrons. The molecular formula is C14H16ClFN2O5. The van der Waals surface area contributed by atoms with Gasteiger partial charge in [0.15, 0.2) is 11.1 Å². The lowest BCUT2D eigenvalue weighted by Crippen LogP contribution is -2.45. The van der Waals surface area contributed by atoms with Crippen molar-refractivity contribution < 1.29 is 19.3 Å². The number of aromatic nitrogens is 2. The van der Waals surface area contributed by atoms with Crippen LogP contribution in [0.25, 0.3) is 0 Å². The van der Waals surface area contributed by atoms with Crippen molar-refractivity contribution in [1.29, 1.82) is 0 Å². The van der Waals surface area contributed by atoms with E-state index in [9.17, 15) is 24.2 Å². The highest BCUT2D eigenvalue weighted by molar-refractivity contribution is 6.27. The first-order valence-corrected chi connectivity index (χ1v) is 7.19. The van der Waals surface area contributed by atoms with Crippen molar-refractivity contribution in [2.45, 2.75) is 43.3 Å². The van der Waals surface area contributed by atoms with E-state index in [4.69, 9.17) is 16.3 Å². The van der Waals surface area contributed by atoms with Crippen LogP contribution >= 0.6 is 11.6 Å². The molecule has 1 saturated heterocycles. The fraction of sp³-hybridized carbons (Fsp3) is 0.571. The molecule has 1 fully saturated rings. The SMILES string of the molecule is Cc1cc(=O)[nH]c(=O)n1[C@@H]1OC([C@H](C)O)C(O)[C@]1(Cl)C#CCF. The number of nitrogens with zero attached hydrogens (tertiary/aromatic N) is 1. The minimum absolute atomic E-state index is 0.217. The van der Waals surface area contributed by atoms with E-state index in [2.05, 4.69) is 16.8 Å². The van der Waals surface area contributed by atoms with Crippen molar-refractivity contribution in [3.8, 4) is 11.8 Å². The van der Waals surface area contributed by atoms with Gasteiger partial charge in [-0.1, -0.05) is 23.4 Å². The van der Waals surface area contributed by atoms with Crippen molar-refractivity contribution in [3.63, 3.8) is 0 Å². The maximum atomic E-state index is 12.4. The highest BCUT2D eigenvalue weighted by Gasteiger charge is 2.57. The number of aliphatic hydroxyl groups excluding tert-OH is 2. The number of hydrogen-bond acceptors (Lipinski definition) is 5. The summed E-state index contributed by atoms with van der Waals surface area (Å²) in [5.41, 5.74) is -1.20. The van der Waals surface area contributed by atoms with Gasteiger partial charge in [-0.15, -0.1) is 0 Å². The van der Waals surface area contributed by atoms with Gasteiger partial charge in [-0.05, 0) is 13.8 Å². The molecule has 7 nitrogen and oxygen atoms in total. The molecule has 0 aromatic carbocycles. The largest absolute Gasteiger partial charge is 0.391 e. The second-order valence-electron chi connectivity index (χ2n) is 5.29. The third-order valence-corrected chi connectivity index (χ3v) is 4.12. The molecule has 9 heteroatoms. The zero-order chi connectivity index (χ0) is 17.4. The zero-order valence-electron chi connectivity index (χ0n) is 12.4. The van der Waals surface area contributed by atoms with Crippen LogP contribution in [0.2, 0.25) is 0 Å². The summed E-state index contributed by atoms with van der Waals surface area (Å²) in [5.74, 6) is 4.48. The molecule has 0 bridgehead atoms. The second-order valence-corrected chi connectivity index (χ2v) is 5.92. The van der Waals surface area contributed by atoms with Crippen molar-refractivity contribution in [3.05, 3.63) is 32.6 Å². The first-order chi connectivity index (χ1) is 10.7. The maximum absolute atomic E-state index is 12.4. The number of H-pyrrole nitrogens is 1. The zero-order valence-corrected chi connectivity index (χ0v) is 13.2. The standard InChI is InChI=1S/C14H16ClFN2O5/c1-7-6-9(20)17-13(22)18(7)12-14(15,4-3-5-16)11(21)10(23-12)8(2)19/h6,8,10-12,19,21H,5H2,1-2H3,(H,17,20,22)/t8-,10?,11?,12+,14+/m0/s1. The number of alkyl halides is 2. The van der Waals surface area contributed by atoms with Gasteiger partial charge < -0.3 is 14.9 Å². The second kappa shape index (κ2) is 6.45. The Hall–Kier alpha value is -1.66. The van der Waals surface area contributed by atoms with E-state index < -0.39 is 47.3 Å². The summed E-state index contributed by atoms with van der Waals surface area (Å²) in [7, 11) is 0.